The fourth-order valence-electron chi connectivity index (χ4n) is 2.42. The van der Waals surface area contributed by atoms with Gasteiger partial charge in [0.25, 0.3) is 11.8 Å². The molecule has 1 aromatic carbocycles. The number of hydrazine groups is 1. The largest absolute Gasteiger partial charge is 0.466 e. The van der Waals surface area contributed by atoms with E-state index in [0.717, 1.165) is 11.1 Å². The Morgan fingerprint density at radius 2 is 1.71 bits per heavy atom. The van der Waals surface area contributed by atoms with Gasteiger partial charge in [0, 0.05) is 5.56 Å². The average molecular weight is 340 g/mol. The van der Waals surface area contributed by atoms with Gasteiger partial charge in [0.1, 0.15) is 16.4 Å². The zero-order chi connectivity index (χ0) is 17.1. The number of thiophene rings is 1. The van der Waals surface area contributed by atoms with Crippen LogP contribution in [0.2, 0.25) is 0 Å². The summed E-state index contributed by atoms with van der Waals surface area (Å²) in [6.45, 7) is 3.47. The van der Waals surface area contributed by atoms with E-state index in [1.165, 1.54) is 11.3 Å². The van der Waals surface area contributed by atoms with Crippen LogP contribution >= 0.6 is 11.3 Å². The Kier molecular flexibility index (Phi) is 4.48. The molecule has 3 aromatic rings. The topological polar surface area (TPSA) is 71.3 Å². The predicted molar refractivity (Wildman–Crippen MR) is 92.9 cm³/mol. The molecule has 0 fully saturated rings. The lowest BCUT2D eigenvalue weighted by molar-refractivity contribution is 0.0848. The molecular formula is C18H16N2O3S. The van der Waals surface area contributed by atoms with E-state index in [0.29, 0.717) is 22.0 Å². The molecule has 2 heterocycles. The average Bonchev–Trinajstić information content (AvgIpc) is 3.19. The van der Waals surface area contributed by atoms with Gasteiger partial charge in [0.2, 0.25) is 0 Å². The maximum absolute atomic E-state index is 12.4. The molecule has 0 aliphatic heterocycles. The highest BCUT2D eigenvalue weighted by atomic mass is 32.1. The first-order valence-electron chi connectivity index (χ1n) is 7.37. The highest BCUT2D eigenvalue weighted by molar-refractivity contribution is 7.12. The number of furan rings is 1. The number of hydrogen-bond donors (Lipinski definition) is 2. The van der Waals surface area contributed by atoms with Gasteiger partial charge in [-0.2, -0.15) is 0 Å². The minimum Gasteiger partial charge on any atom is -0.466 e. The van der Waals surface area contributed by atoms with Crippen molar-refractivity contribution in [2.75, 3.05) is 0 Å². The second-order valence-electron chi connectivity index (χ2n) is 5.26. The van der Waals surface area contributed by atoms with Gasteiger partial charge in [-0.3, -0.25) is 20.4 Å². The van der Waals surface area contributed by atoms with Crippen LogP contribution in [0.25, 0.3) is 11.1 Å². The van der Waals surface area contributed by atoms with E-state index >= 15 is 0 Å². The molecule has 0 saturated carbocycles. The van der Waals surface area contributed by atoms with E-state index in [-0.39, 0.29) is 5.91 Å². The minimum absolute atomic E-state index is 0.352. The summed E-state index contributed by atoms with van der Waals surface area (Å²) in [5.74, 6) is 0.402. The molecule has 0 aliphatic rings. The summed E-state index contributed by atoms with van der Waals surface area (Å²) in [6, 6.07) is 13.2. The maximum Gasteiger partial charge on any atom is 0.280 e. The zero-order valence-corrected chi connectivity index (χ0v) is 14.1. The van der Waals surface area contributed by atoms with Crippen LogP contribution in [0.4, 0.5) is 0 Å². The summed E-state index contributed by atoms with van der Waals surface area (Å²) in [7, 11) is 0. The summed E-state index contributed by atoms with van der Waals surface area (Å²) in [5.41, 5.74) is 7.08. The number of hydrogen-bond acceptors (Lipinski definition) is 4. The summed E-state index contributed by atoms with van der Waals surface area (Å²) in [5, 5.41) is 1.85. The molecule has 24 heavy (non-hydrogen) atoms. The number of carbonyl (C=O) groups is 2. The van der Waals surface area contributed by atoms with Gasteiger partial charge in [-0.05, 0) is 36.9 Å². The second-order valence-corrected chi connectivity index (χ2v) is 6.18. The van der Waals surface area contributed by atoms with Crippen molar-refractivity contribution in [1.82, 2.24) is 10.9 Å². The first kappa shape index (κ1) is 16.0. The molecule has 0 spiro atoms. The summed E-state index contributed by atoms with van der Waals surface area (Å²) in [4.78, 5) is 25.1. The molecule has 6 heteroatoms. The van der Waals surface area contributed by atoms with Crippen LogP contribution in [-0.4, -0.2) is 11.8 Å². The van der Waals surface area contributed by atoms with Crippen LogP contribution in [0.1, 0.15) is 31.6 Å². The minimum atomic E-state index is -0.407. The first-order valence-corrected chi connectivity index (χ1v) is 8.25. The molecule has 0 aliphatic carbocycles. The number of benzene rings is 1. The summed E-state index contributed by atoms with van der Waals surface area (Å²) in [6.07, 6.45) is 0. The standard InChI is InChI=1S/C18H16N2O3S/c1-11-10-15(12(2)23-11)17(21)19-20-18(22)16-14(8-9-24-16)13-6-4-3-5-7-13/h3-10H,1-2H3,(H,19,21)(H,20,22). The van der Waals surface area contributed by atoms with Crippen molar-refractivity contribution in [2.24, 2.45) is 0 Å². The van der Waals surface area contributed by atoms with Crippen molar-refractivity contribution < 1.29 is 14.0 Å². The Morgan fingerprint density at radius 3 is 2.38 bits per heavy atom. The molecule has 2 N–H and O–H groups in total. The normalized spacial score (nSPS) is 10.4. The predicted octanol–water partition coefficient (Wildman–Crippen LogP) is 3.70. The van der Waals surface area contributed by atoms with Crippen LogP contribution < -0.4 is 10.9 Å². The van der Waals surface area contributed by atoms with Crippen molar-refractivity contribution in [3.05, 3.63) is 69.8 Å². The van der Waals surface area contributed by atoms with Crippen LogP contribution in [0.5, 0.6) is 0 Å². The molecule has 122 valence electrons. The van der Waals surface area contributed by atoms with Crippen LogP contribution in [-0.2, 0) is 0 Å². The van der Waals surface area contributed by atoms with Gasteiger partial charge >= 0.3 is 0 Å². The molecule has 0 saturated heterocycles. The fraction of sp³-hybridized carbons (Fsp3) is 0.111. The van der Waals surface area contributed by atoms with Gasteiger partial charge < -0.3 is 4.42 Å². The first-order chi connectivity index (χ1) is 11.6. The Labute approximate surface area is 143 Å². The van der Waals surface area contributed by atoms with E-state index in [1.54, 1.807) is 19.9 Å². The number of amides is 2. The van der Waals surface area contributed by atoms with Crippen LogP contribution in [0.15, 0.2) is 52.3 Å². The van der Waals surface area contributed by atoms with E-state index in [1.807, 2.05) is 41.8 Å². The third-order valence-corrected chi connectivity index (χ3v) is 4.44. The van der Waals surface area contributed by atoms with Gasteiger partial charge in [-0.15, -0.1) is 11.3 Å². The quantitative estimate of drug-likeness (QED) is 0.714. The van der Waals surface area contributed by atoms with E-state index < -0.39 is 5.91 Å². The highest BCUT2D eigenvalue weighted by Crippen LogP contribution is 2.27. The lowest BCUT2D eigenvalue weighted by Crippen LogP contribution is -2.41. The smallest absolute Gasteiger partial charge is 0.280 e. The Balaban J connectivity index is 1.72. The van der Waals surface area contributed by atoms with Gasteiger partial charge in [-0.1, -0.05) is 30.3 Å². The number of nitrogens with one attached hydrogen (secondary N) is 2. The molecular weight excluding hydrogens is 324 g/mol. The molecule has 5 nitrogen and oxygen atoms in total. The lowest BCUT2D eigenvalue weighted by Gasteiger charge is -2.07. The molecule has 0 unspecified atom stereocenters. The van der Waals surface area contributed by atoms with Crippen molar-refractivity contribution in [3.63, 3.8) is 0 Å². The third kappa shape index (κ3) is 3.23. The van der Waals surface area contributed by atoms with Crippen molar-refractivity contribution in [2.45, 2.75) is 13.8 Å². The summed E-state index contributed by atoms with van der Waals surface area (Å²) >= 11 is 1.33. The SMILES string of the molecule is Cc1cc(C(=O)NNC(=O)c2sccc2-c2ccccc2)c(C)o1. The Bertz CT molecular complexity index is 881. The highest BCUT2D eigenvalue weighted by Gasteiger charge is 2.17. The Morgan fingerprint density at radius 1 is 1.00 bits per heavy atom. The lowest BCUT2D eigenvalue weighted by atomic mass is 10.1. The third-order valence-electron chi connectivity index (χ3n) is 3.53. The van der Waals surface area contributed by atoms with Gasteiger partial charge in [0.05, 0.1) is 5.56 Å². The fourth-order valence-corrected chi connectivity index (χ4v) is 3.24. The van der Waals surface area contributed by atoms with Crippen molar-refractivity contribution in [3.8, 4) is 11.1 Å². The molecule has 2 amide bonds. The Hall–Kier alpha value is -2.86. The number of carbonyl (C=O) groups excluding carboxylic acids is 2. The molecule has 3 rings (SSSR count). The van der Waals surface area contributed by atoms with Crippen molar-refractivity contribution in [1.29, 1.82) is 0 Å². The molecule has 2 aromatic heterocycles. The van der Waals surface area contributed by atoms with Gasteiger partial charge in [0.15, 0.2) is 0 Å². The molecule has 0 bridgehead atoms. The molecule has 0 atom stereocenters. The monoisotopic (exact) mass is 340 g/mol. The second kappa shape index (κ2) is 6.72. The van der Waals surface area contributed by atoms with E-state index in [4.69, 9.17) is 4.42 Å². The number of aryl methyl sites for hydroxylation is 2. The van der Waals surface area contributed by atoms with E-state index in [9.17, 15) is 9.59 Å². The van der Waals surface area contributed by atoms with Crippen LogP contribution in [0.3, 0.4) is 0 Å². The maximum atomic E-state index is 12.4. The summed E-state index contributed by atoms with van der Waals surface area (Å²) < 4.78 is 5.32. The van der Waals surface area contributed by atoms with Crippen molar-refractivity contribution >= 4 is 23.2 Å². The molecule has 0 radical (unpaired) electrons. The number of rotatable bonds is 3. The zero-order valence-electron chi connectivity index (χ0n) is 13.3. The van der Waals surface area contributed by atoms with E-state index in [2.05, 4.69) is 10.9 Å². The van der Waals surface area contributed by atoms with Crippen LogP contribution in [0, 0.1) is 13.8 Å². The van der Waals surface area contributed by atoms with Gasteiger partial charge in [-0.25, -0.2) is 0 Å².